The Bertz CT molecular complexity index is 1680. The van der Waals surface area contributed by atoms with Crippen molar-refractivity contribution in [1.82, 2.24) is 10.2 Å². The standard InChI is InChI=1S/C35H38FN3O5S/c1-25(2)37-35(41)33(22-27-8-6-5-7-9-27)38(23-28-12-10-26(3)11-13-28)34(40)24-39(30-16-14-29(36)15-17-30)45(42,43)32-20-18-31(44-4)19-21-32/h5-21,25,33H,22-24H2,1-4H3,(H,37,41)/t33-/m0/s1. The van der Waals surface area contributed by atoms with Crippen LogP contribution < -0.4 is 14.4 Å². The van der Waals surface area contributed by atoms with Gasteiger partial charge in [0, 0.05) is 19.0 Å². The van der Waals surface area contributed by atoms with Crippen LogP contribution in [0.4, 0.5) is 10.1 Å². The molecule has 0 aromatic heterocycles. The van der Waals surface area contributed by atoms with Crippen molar-refractivity contribution in [3.05, 3.63) is 126 Å². The highest BCUT2D eigenvalue weighted by Crippen LogP contribution is 2.26. The molecule has 0 bridgehead atoms. The summed E-state index contributed by atoms with van der Waals surface area (Å²) in [6, 6.07) is 26.4. The van der Waals surface area contributed by atoms with Crippen LogP contribution in [-0.2, 0) is 32.6 Å². The summed E-state index contributed by atoms with van der Waals surface area (Å²) in [5.41, 5.74) is 2.74. The number of rotatable bonds is 13. The average Bonchev–Trinajstić information content (AvgIpc) is 3.03. The van der Waals surface area contributed by atoms with Crippen molar-refractivity contribution >= 4 is 27.5 Å². The molecule has 2 amide bonds. The average molecular weight is 632 g/mol. The molecule has 0 spiro atoms. The summed E-state index contributed by atoms with van der Waals surface area (Å²) in [5, 5.41) is 2.93. The van der Waals surface area contributed by atoms with Crippen LogP contribution in [0.2, 0.25) is 0 Å². The Morgan fingerprint density at radius 3 is 2.04 bits per heavy atom. The Morgan fingerprint density at radius 1 is 0.844 bits per heavy atom. The largest absolute Gasteiger partial charge is 0.497 e. The molecule has 45 heavy (non-hydrogen) atoms. The number of sulfonamides is 1. The first kappa shape index (κ1) is 33.2. The molecule has 1 N–H and O–H groups in total. The van der Waals surface area contributed by atoms with Gasteiger partial charge < -0.3 is 15.0 Å². The van der Waals surface area contributed by atoms with Crippen LogP contribution in [0.5, 0.6) is 5.75 Å². The predicted octanol–water partition coefficient (Wildman–Crippen LogP) is 5.50. The summed E-state index contributed by atoms with van der Waals surface area (Å²) in [4.78, 5) is 29.5. The minimum absolute atomic E-state index is 0.0575. The summed E-state index contributed by atoms with van der Waals surface area (Å²) in [7, 11) is -2.85. The number of hydrogen-bond acceptors (Lipinski definition) is 5. The summed E-state index contributed by atoms with van der Waals surface area (Å²) in [5.74, 6) is -1.05. The lowest BCUT2D eigenvalue weighted by Gasteiger charge is -2.34. The number of carbonyl (C=O) groups excluding carboxylic acids is 2. The quantitative estimate of drug-likeness (QED) is 0.210. The van der Waals surface area contributed by atoms with Crippen LogP contribution in [0.15, 0.2) is 108 Å². The van der Waals surface area contributed by atoms with Crippen LogP contribution in [0, 0.1) is 12.7 Å². The minimum Gasteiger partial charge on any atom is -0.497 e. The first-order valence-corrected chi connectivity index (χ1v) is 16.0. The third-order valence-corrected chi connectivity index (χ3v) is 9.00. The SMILES string of the molecule is COc1ccc(S(=O)(=O)N(CC(=O)N(Cc2ccc(C)cc2)[C@@H](Cc2ccccc2)C(=O)NC(C)C)c2ccc(F)cc2)cc1. The molecule has 0 aliphatic rings. The Labute approximate surface area is 264 Å². The fourth-order valence-electron chi connectivity index (χ4n) is 4.84. The van der Waals surface area contributed by atoms with Crippen molar-refractivity contribution < 1.29 is 27.1 Å². The Hall–Kier alpha value is -4.70. The van der Waals surface area contributed by atoms with E-state index >= 15 is 0 Å². The third-order valence-electron chi connectivity index (χ3n) is 7.22. The number of ether oxygens (including phenoxy) is 1. The zero-order valence-electron chi connectivity index (χ0n) is 25.8. The molecule has 0 aliphatic heterocycles. The smallest absolute Gasteiger partial charge is 0.264 e. The van der Waals surface area contributed by atoms with E-state index in [9.17, 15) is 22.4 Å². The van der Waals surface area contributed by atoms with E-state index < -0.39 is 34.3 Å². The van der Waals surface area contributed by atoms with Crippen LogP contribution >= 0.6 is 0 Å². The number of nitrogens with zero attached hydrogens (tertiary/aromatic N) is 2. The predicted molar refractivity (Wildman–Crippen MR) is 173 cm³/mol. The molecule has 0 radical (unpaired) electrons. The first-order chi connectivity index (χ1) is 21.5. The van der Waals surface area contributed by atoms with Gasteiger partial charge in [-0.25, -0.2) is 12.8 Å². The highest BCUT2D eigenvalue weighted by atomic mass is 32.2. The molecule has 0 aliphatic carbocycles. The zero-order chi connectivity index (χ0) is 32.6. The Kier molecular flexibility index (Phi) is 11.0. The fraction of sp³-hybridized carbons (Fsp3) is 0.257. The van der Waals surface area contributed by atoms with Crippen molar-refractivity contribution in [1.29, 1.82) is 0 Å². The summed E-state index contributed by atoms with van der Waals surface area (Å²) in [6.07, 6.45) is 0.207. The van der Waals surface area contributed by atoms with E-state index in [0.717, 1.165) is 33.1 Å². The van der Waals surface area contributed by atoms with Crippen LogP contribution in [0.3, 0.4) is 0 Å². The number of nitrogens with one attached hydrogen (secondary N) is 1. The van der Waals surface area contributed by atoms with E-state index in [1.165, 1.54) is 48.4 Å². The molecule has 10 heteroatoms. The number of benzene rings is 4. The van der Waals surface area contributed by atoms with E-state index in [1.54, 1.807) is 0 Å². The topological polar surface area (TPSA) is 96.0 Å². The maximum atomic E-state index is 14.4. The van der Waals surface area contributed by atoms with Gasteiger partial charge in [0.25, 0.3) is 10.0 Å². The molecular weight excluding hydrogens is 593 g/mol. The van der Waals surface area contributed by atoms with Crippen LogP contribution in [0.25, 0.3) is 0 Å². The van der Waals surface area contributed by atoms with E-state index in [2.05, 4.69) is 5.32 Å². The van der Waals surface area contributed by atoms with E-state index in [4.69, 9.17) is 4.74 Å². The number of aryl methyl sites for hydroxylation is 1. The normalized spacial score (nSPS) is 12.0. The molecular formula is C35H38FN3O5S. The van der Waals surface area contributed by atoms with Crippen molar-refractivity contribution in [3.8, 4) is 5.75 Å². The molecule has 0 saturated carbocycles. The number of hydrogen-bond donors (Lipinski definition) is 1. The molecule has 8 nitrogen and oxygen atoms in total. The molecule has 4 aromatic carbocycles. The first-order valence-electron chi connectivity index (χ1n) is 14.6. The highest BCUT2D eigenvalue weighted by Gasteiger charge is 2.35. The van der Waals surface area contributed by atoms with Crippen molar-refractivity contribution in [3.63, 3.8) is 0 Å². The number of amides is 2. The maximum absolute atomic E-state index is 14.4. The van der Waals surface area contributed by atoms with Gasteiger partial charge in [-0.2, -0.15) is 0 Å². The van der Waals surface area contributed by atoms with Gasteiger partial charge in [-0.15, -0.1) is 0 Å². The lowest BCUT2D eigenvalue weighted by molar-refractivity contribution is -0.140. The van der Waals surface area contributed by atoms with Gasteiger partial charge in [0.05, 0.1) is 17.7 Å². The molecule has 0 fully saturated rings. The number of carbonyl (C=O) groups is 2. The third kappa shape index (κ3) is 8.69. The van der Waals surface area contributed by atoms with E-state index in [0.29, 0.717) is 5.75 Å². The van der Waals surface area contributed by atoms with Gasteiger partial charge in [0.2, 0.25) is 11.8 Å². The van der Waals surface area contributed by atoms with Gasteiger partial charge in [-0.1, -0.05) is 60.2 Å². The molecule has 4 aromatic rings. The minimum atomic E-state index is -4.32. The summed E-state index contributed by atoms with van der Waals surface area (Å²) in [6.45, 7) is 5.04. The second kappa shape index (κ2) is 14.9. The van der Waals surface area contributed by atoms with Crippen molar-refractivity contribution in [2.75, 3.05) is 18.0 Å². The molecule has 1 atom stereocenters. The van der Waals surface area contributed by atoms with Crippen molar-refractivity contribution in [2.45, 2.75) is 50.7 Å². The molecule has 0 unspecified atom stereocenters. The second-order valence-corrected chi connectivity index (χ2v) is 12.9. The van der Waals surface area contributed by atoms with Gasteiger partial charge in [0.1, 0.15) is 24.2 Å². The summed E-state index contributed by atoms with van der Waals surface area (Å²) >= 11 is 0. The molecule has 0 heterocycles. The fourth-order valence-corrected chi connectivity index (χ4v) is 6.25. The van der Waals surface area contributed by atoms with Crippen LogP contribution in [-0.4, -0.2) is 50.9 Å². The molecule has 0 saturated heterocycles. The van der Waals surface area contributed by atoms with E-state index in [-0.39, 0.29) is 35.5 Å². The monoisotopic (exact) mass is 631 g/mol. The van der Waals surface area contributed by atoms with Gasteiger partial charge >= 0.3 is 0 Å². The number of methoxy groups -OCH3 is 1. The number of anilines is 1. The molecule has 236 valence electrons. The molecule has 4 rings (SSSR count). The lowest BCUT2D eigenvalue weighted by atomic mass is 10.0. The van der Waals surface area contributed by atoms with Crippen molar-refractivity contribution in [2.24, 2.45) is 0 Å². The Morgan fingerprint density at radius 2 is 1.47 bits per heavy atom. The van der Waals surface area contributed by atoms with Crippen LogP contribution in [0.1, 0.15) is 30.5 Å². The lowest BCUT2D eigenvalue weighted by Crippen LogP contribution is -2.54. The maximum Gasteiger partial charge on any atom is 0.264 e. The number of halogens is 1. The van der Waals surface area contributed by atoms with Gasteiger partial charge in [0.15, 0.2) is 0 Å². The Balaban J connectivity index is 1.79. The second-order valence-electron chi connectivity index (χ2n) is 11.0. The summed E-state index contributed by atoms with van der Waals surface area (Å²) < 4.78 is 48.1. The van der Waals surface area contributed by atoms with Gasteiger partial charge in [-0.3, -0.25) is 13.9 Å². The zero-order valence-corrected chi connectivity index (χ0v) is 26.6. The van der Waals surface area contributed by atoms with E-state index in [1.807, 2.05) is 75.4 Å². The van der Waals surface area contributed by atoms with Gasteiger partial charge in [-0.05, 0) is 80.4 Å². The highest BCUT2D eigenvalue weighted by molar-refractivity contribution is 7.92.